The Kier molecular flexibility index (Phi) is 6.47. The SMILES string of the molecule is C=CCCC[C@@H](NC(=O)CC1CCCC1)C(=O)O. The second-order valence-electron chi connectivity index (χ2n) is 5.03. The van der Waals surface area contributed by atoms with E-state index in [9.17, 15) is 9.59 Å². The molecule has 102 valence electrons. The van der Waals surface area contributed by atoms with E-state index in [0.29, 0.717) is 18.8 Å². The lowest BCUT2D eigenvalue weighted by Crippen LogP contribution is -2.41. The molecule has 4 nitrogen and oxygen atoms in total. The standard InChI is InChI=1S/C14H23NO3/c1-2-3-4-9-12(14(17)18)15-13(16)10-11-7-5-6-8-11/h2,11-12H,1,3-10H2,(H,15,16)(H,17,18)/t12-/m1/s1. The number of carbonyl (C=O) groups excluding carboxylic acids is 1. The van der Waals surface area contributed by atoms with Crippen molar-refractivity contribution in [3.8, 4) is 0 Å². The van der Waals surface area contributed by atoms with Crippen LogP contribution in [-0.4, -0.2) is 23.0 Å². The van der Waals surface area contributed by atoms with Crippen molar-refractivity contribution in [2.24, 2.45) is 5.92 Å². The summed E-state index contributed by atoms with van der Waals surface area (Å²) < 4.78 is 0. The molecule has 1 aliphatic rings. The minimum atomic E-state index is -0.946. The predicted octanol–water partition coefficient (Wildman–Crippen LogP) is 2.49. The van der Waals surface area contributed by atoms with Crippen LogP contribution >= 0.6 is 0 Å². The summed E-state index contributed by atoms with van der Waals surface area (Å²) in [4.78, 5) is 22.8. The van der Waals surface area contributed by atoms with Gasteiger partial charge in [-0.3, -0.25) is 4.79 Å². The van der Waals surface area contributed by atoms with Crippen LogP contribution in [0.3, 0.4) is 0 Å². The lowest BCUT2D eigenvalue weighted by molar-refractivity contribution is -0.142. The molecule has 1 aliphatic carbocycles. The molecule has 0 spiro atoms. The van der Waals surface area contributed by atoms with Gasteiger partial charge in [0.05, 0.1) is 0 Å². The van der Waals surface area contributed by atoms with Crippen molar-refractivity contribution in [1.29, 1.82) is 0 Å². The van der Waals surface area contributed by atoms with Crippen LogP contribution in [0.4, 0.5) is 0 Å². The van der Waals surface area contributed by atoms with Crippen molar-refractivity contribution in [3.63, 3.8) is 0 Å². The van der Waals surface area contributed by atoms with E-state index in [0.717, 1.165) is 25.7 Å². The number of rotatable bonds is 8. The first-order valence-electron chi connectivity index (χ1n) is 6.76. The van der Waals surface area contributed by atoms with E-state index >= 15 is 0 Å². The van der Waals surface area contributed by atoms with Crippen LogP contribution in [0.5, 0.6) is 0 Å². The third-order valence-corrected chi connectivity index (χ3v) is 3.48. The van der Waals surface area contributed by atoms with E-state index in [1.807, 2.05) is 0 Å². The molecule has 0 heterocycles. The normalized spacial score (nSPS) is 17.3. The molecular weight excluding hydrogens is 230 g/mol. The second kappa shape index (κ2) is 7.90. The molecule has 2 N–H and O–H groups in total. The van der Waals surface area contributed by atoms with E-state index in [1.54, 1.807) is 6.08 Å². The van der Waals surface area contributed by atoms with Gasteiger partial charge >= 0.3 is 5.97 Å². The molecule has 0 saturated heterocycles. The van der Waals surface area contributed by atoms with Gasteiger partial charge in [0.1, 0.15) is 6.04 Å². The number of carbonyl (C=O) groups is 2. The van der Waals surface area contributed by atoms with Gasteiger partial charge in [0, 0.05) is 6.42 Å². The minimum Gasteiger partial charge on any atom is -0.480 e. The van der Waals surface area contributed by atoms with Crippen molar-refractivity contribution in [2.45, 2.75) is 57.4 Å². The number of carboxylic acids is 1. The maximum absolute atomic E-state index is 11.8. The molecule has 0 bridgehead atoms. The summed E-state index contributed by atoms with van der Waals surface area (Å²) in [6, 6.07) is -0.751. The molecule has 18 heavy (non-hydrogen) atoms. The summed E-state index contributed by atoms with van der Waals surface area (Å²) in [5.41, 5.74) is 0. The fourth-order valence-corrected chi connectivity index (χ4v) is 2.45. The number of hydrogen-bond donors (Lipinski definition) is 2. The van der Waals surface area contributed by atoms with Crippen LogP contribution in [-0.2, 0) is 9.59 Å². The van der Waals surface area contributed by atoms with E-state index in [-0.39, 0.29) is 5.91 Å². The fraction of sp³-hybridized carbons (Fsp3) is 0.714. The highest BCUT2D eigenvalue weighted by Crippen LogP contribution is 2.27. The first-order valence-corrected chi connectivity index (χ1v) is 6.76. The highest BCUT2D eigenvalue weighted by molar-refractivity contribution is 5.83. The van der Waals surface area contributed by atoms with Crippen molar-refractivity contribution < 1.29 is 14.7 Å². The Morgan fingerprint density at radius 2 is 2.06 bits per heavy atom. The molecule has 1 rings (SSSR count). The second-order valence-corrected chi connectivity index (χ2v) is 5.03. The van der Waals surface area contributed by atoms with Crippen molar-refractivity contribution in [1.82, 2.24) is 5.32 Å². The summed E-state index contributed by atoms with van der Waals surface area (Å²) >= 11 is 0. The van der Waals surface area contributed by atoms with Crippen LogP contribution in [0.1, 0.15) is 51.4 Å². The molecule has 1 saturated carbocycles. The van der Waals surface area contributed by atoms with Crippen molar-refractivity contribution in [3.05, 3.63) is 12.7 Å². The van der Waals surface area contributed by atoms with E-state index < -0.39 is 12.0 Å². The quantitative estimate of drug-likeness (QED) is 0.516. The van der Waals surface area contributed by atoms with Gasteiger partial charge < -0.3 is 10.4 Å². The molecule has 1 amide bonds. The molecule has 0 aromatic heterocycles. The number of nitrogens with one attached hydrogen (secondary N) is 1. The summed E-state index contributed by atoms with van der Waals surface area (Å²) in [6.07, 6.45) is 8.82. The number of aliphatic carboxylic acids is 1. The number of unbranched alkanes of at least 4 members (excludes halogenated alkanes) is 1. The largest absolute Gasteiger partial charge is 0.480 e. The Bertz CT molecular complexity index is 295. The van der Waals surface area contributed by atoms with Crippen LogP contribution in [0, 0.1) is 5.92 Å². The van der Waals surface area contributed by atoms with Crippen LogP contribution in [0.2, 0.25) is 0 Å². The predicted molar refractivity (Wildman–Crippen MR) is 70.2 cm³/mol. The molecule has 0 unspecified atom stereocenters. The van der Waals surface area contributed by atoms with E-state index in [4.69, 9.17) is 5.11 Å². The zero-order valence-corrected chi connectivity index (χ0v) is 10.9. The molecule has 0 aliphatic heterocycles. The van der Waals surface area contributed by atoms with Gasteiger partial charge in [0.15, 0.2) is 0 Å². The topological polar surface area (TPSA) is 66.4 Å². The Morgan fingerprint density at radius 1 is 1.39 bits per heavy atom. The van der Waals surface area contributed by atoms with Gasteiger partial charge in [-0.25, -0.2) is 4.79 Å². The summed E-state index contributed by atoms with van der Waals surface area (Å²) in [5, 5.41) is 11.7. The van der Waals surface area contributed by atoms with Gasteiger partial charge in [-0.1, -0.05) is 18.9 Å². The van der Waals surface area contributed by atoms with E-state index in [2.05, 4.69) is 11.9 Å². The fourth-order valence-electron chi connectivity index (χ4n) is 2.45. The smallest absolute Gasteiger partial charge is 0.326 e. The first kappa shape index (κ1) is 14.7. The Balaban J connectivity index is 2.31. The average Bonchev–Trinajstić information content (AvgIpc) is 2.80. The molecule has 0 aromatic carbocycles. The molecule has 0 radical (unpaired) electrons. The van der Waals surface area contributed by atoms with Crippen LogP contribution < -0.4 is 5.32 Å². The molecule has 1 fully saturated rings. The monoisotopic (exact) mass is 253 g/mol. The van der Waals surface area contributed by atoms with Crippen LogP contribution in [0.25, 0.3) is 0 Å². The number of allylic oxidation sites excluding steroid dienone is 1. The highest BCUT2D eigenvalue weighted by Gasteiger charge is 2.23. The Hall–Kier alpha value is -1.32. The Morgan fingerprint density at radius 3 is 2.61 bits per heavy atom. The maximum atomic E-state index is 11.8. The van der Waals surface area contributed by atoms with Crippen molar-refractivity contribution in [2.75, 3.05) is 0 Å². The number of hydrogen-bond acceptors (Lipinski definition) is 2. The van der Waals surface area contributed by atoms with Crippen molar-refractivity contribution >= 4 is 11.9 Å². The van der Waals surface area contributed by atoms with Gasteiger partial charge in [-0.2, -0.15) is 0 Å². The number of carboxylic acid groups (broad SMARTS) is 1. The van der Waals surface area contributed by atoms with Gasteiger partial charge in [0.25, 0.3) is 0 Å². The van der Waals surface area contributed by atoms with Gasteiger partial charge in [0.2, 0.25) is 5.91 Å². The zero-order chi connectivity index (χ0) is 13.4. The summed E-state index contributed by atoms with van der Waals surface area (Å²) in [5.74, 6) is -0.612. The highest BCUT2D eigenvalue weighted by atomic mass is 16.4. The van der Waals surface area contributed by atoms with Crippen LogP contribution in [0.15, 0.2) is 12.7 Å². The Labute approximate surface area is 108 Å². The van der Waals surface area contributed by atoms with Gasteiger partial charge in [-0.15, -0.1) is 6.58 Å². The maximum Gasteiger partial charge on any atom is 0.326 e. The lowest BCUT2D eigenvalue weighted by atomic mass is 10.0. The molecular formula is C14H23NO3. The first-order chi connectivity index (χ1) is 8.63. The lowest BCUT2D eigenvalue weighted by Gasteiger charge is -2.15. The molecule has 0 aromatic rings. The van der Waals surface area contributed by atoms with E-state index in [1.165, 1.54) is 12.8 Å². The average molecular weight is 253 g/mol. The third-order valence-electron chi connectivity index (χ3n) is 3.48. The number of amides is 1. The third kappa shape index (κ3) is 5.34. The zero-order valence-electron chi connectivity index (χ0n) is 10.9. The molecule has 1 atom stereocenters. The van der Waals surface area contributed by atoms with Gasteiger partial charge in [-0.05, 0) is 38.0 Å². The summed E-state index contributed by atoms with van der Waals surface area (Å²) in [7, 11) is 0. The minimum absolute atomic E-state index is 0.118. The summed E-state index contributed by atoms with van der Waals surface area (Å²) in [6.45, 7) is 3.60. The molecule has 4 heteroatoms.